The van der Waals surface area contributed by atoms with Crippen LogP contribution >= 0.6 is 11.6 Å². The van der Waals surface area contributed by atoms with Crippen LogP contribution in [0.1, 0.15) is 28.4 Å². The minimum Gasteiger partial charge on any atom is -0.484 e. The molecule has 1 atom stereocenters. The second-order valence-electron chi connectivity index (χ2n) is 4.94. The van der Waals surface area contributed by atoms with Gasteiger partial charge in [0.2, 0.25) is 0 Å². The molecule has 3 nitrogen and oxygen atoms in total. The highest BCUT2D eigenvalue weighted by atomic mass is 35.5. The van der Waals surface area contributed by atoms with Gasteiger partial charge < -0.3 is 10.5 Å². The van der Waals surface area contributed by atoms with E-state index in [2.05, 4.69) is 6.07 Å². The van der Waals surface area contributed by atoms with Gasteiger partial charge in [0.25, 0.3) is 0 Å². The molecule has 0 heterocycles. The lowest BCUT2D eigenvalue weighted by molar-refractivity contribution is 0.211. The molecule has 2 aromatic rings. The fraction of sp³-hybridized carbons (Fsp3) is 0.235. The van der Waals surface area contributed by atoms with Crippen molar-refractivity contribution < 1.29 is 4.74 Å². The van der Waals surface area contributed by atoms with Crippen molar-refractivity contribution in [1.29, 1.82) is 5.26 Å². The van der Waals surface area contributed by atoms with Crippen LogP contribution in [0.15, 0.2) is 36.4 Å². The number of benzene rings is 2. The molecule has 0 spiro atoms. The van der Waals surface area contributed by atoms with Crippen molar-refractivity contribution >= 4 is 11.6 Å². The van der Waals surface area contributed by atoms with Crippen LogP contribution in [0.25, 0.3) is 0 Å². The van der Waals surface area contributed by atoms with E-state index in [1.54, 1.807) is 0 Å². The van der Waals surface area contributed by atoms with E-state index in [4.69, 9.17) is 27.3 Å². The van der Waals surface area contributed by atoms with E-state index in [0.717, 1.165) is 22.4 Å². The molecule has 0 aliphatic heterocycles. The molecular weight excluding hydrogens is 284 g/mol. The van der Waals surface area contributed by atoms with Gasteiger partial charge in [-0.1, -0.05) is 23.7 Å². The number of halogens is 1. The molecule has 108 valence electrons. The first-order valence-corrected chi connectivity index (χ1v) is 7.06. The summed E-state index contributed by atoms with van der Waals surface area (Å²) in [7, 11) is 0. The van der Waals surface area contributed by atoms with Crippen molar-refractivity contribution in [3.63, 3.8) is 0 Å². The van der Waals surface area contributed by atoms with E-state index in [9.17, 15) is 0 Å². The average Bonchev–Trinajstić information content (AvgIpc) is 2.48. The molecule has 0 amide bonds. The van der Waals surface area contributed by atoms with Gasteiger partial charge in [0.15, 0.2) is 0 Å². The third-order valence-electron chi connectivity index (χ3n) is 3.31. The summed E-state index contributed by atoms with van der Waals surface area (Å²) < 4.78 is 6.07. The number of aryl methyl sites for hydroxylation is 2. The van der Waals surface area contributed by atoms with Crippen LogP contribution in [0.4, 0.5) is 0 Å². The van der Waals surface area contributed by atoms with Gasteiger partial charge in [-0.05, 0) is 54.8 Å². The molecule has 0 fully saturated rings. The number of rotatable bonds is 4. The molecule has 21 heavy (non-hydrogen) atoms. The van der Waals surface area contributed by atoms with Crippen LogP contribution in [-0.2, 0) is 0 Å². The van der Waals surface area contributed by atoms with Crippen LogP contribution in [0, 0.1) is 25.2 Å². The summed E-state index contributed by atoms with van der Waals surface area (Å²) in [6, 6.07) is 13.2. The molecule has 4 heteroatoms. The molecule has 0 aliphatic carbocycles. The SMILES string of the molecule is Cc1cc(C#N)cc(C)c1OC(CN)c1ccc(Cl)cc1. The summed E-state index contributed by atoms with van der Waals surface area (Å²) in [5, 5.41) is 9.67. The lowest BCUT2D eigenvalue weighted by Crippen LogP contribution is -2.19. The van der Waals surface area contributed by atoms with Gasteiger partial charge in [0.05, 0.1) is 11.6 Å². The van der Waals surface area contributed by atoms with Gasteiger partial charge >= 0.3 is 0 Å². The number of nitrogens with two attached hydrogens (primary N) is 1. The minimum atomic E-state index is -0.243. The number of ether oxygens (including phenoxy) is 1. The highest BCUT2D eigenvalue weighted by Crippen LogP contribution is 2.29. The Morgan fingerprint density at radius 2 is 1.76 bits per heavy atom. The first kappa shape index (κ1) is 15.4. The zero-order chi connectivity index (χ0) is 15.4. The zero-order valence-corrected chi connectivity index (χ0v) is 12.8. The van der Waals surface area contributed by atoms with Crippen molar-refractivity contribution in [2.24, 2.45) is 5.73 Å². The molecule has 2 rings (SSSR count). The second kappa shape index (κ2) is 6.62. The van der Waals surface area contributed by atoms with Crippen molar-refractivity contribution in [3.8, 4) is 11.8 Å². The maximum atomic E-state index is 8.99. The summed E-state index contributed by atoms with van der Waals surface area (Å²) in [5.41, 5.74) is 9.31. The van der Waals surface area contributed by atoms with E-state index >= 15 is 0 Å². The third-order valence-corrected chi connectivity index (χ3v) is 3.56. The number of nitriles is 1. The van der Waals surface area contributed by atoms with Crippen molar-refractivity contribution in [1.82, 2.24) is 0 Å². The molecule has 1 unspecified atom stereocenters. The lowest BCUT2D eigenvalue weighted by atomic mass is 10.1. The lowest BCUT2D eigenvalue weighted by Gasteiger charge is -2.21. The average molecular weight is 301 g/mol. The third kappa shape index (κ3) is 3.55. The highest BCUT2D eigenvalue weighted by molar-refractivity contribution is 6.30. The second-order valence-corrected chi connectivity index (χ2v) is 5.38. The standard InChI is InChI=1S/C17H17ClN2O/c1-11-7-13(9-19)8-12(2)17(11)21-16(10-20)14-3-5-15(18)6-4-14/h3-8,16H,10,20H2,1-2H3. The van der Waals surface area contributed by atoms with E-state index < -0.39 is 0 Å². The van der Waals surface area contributed by atoms with E-state index in [1.165, 1.54) is 0 Å². The van der Waals surface area contributed by atoms with E-state index in [0.29, 0.717) is 17.1 Å². The molecule has 0 aromatic heterocycles. The predicted molar refractivity (Wildman–Crippen MR) is 84.5 cm³/mol. The molecular formula is C17H17ClN2O. The van der Waals surface area contributed by atoms with Crippen molar-refractivity contribution in [3.05, 3.63) is 63.7 Å². The quantitative estimate of drug-likeness (QED) is 0.931. The van der Waals surface area contributed by atoms with E-state index in [-0.39, 0.29) is 6.10 Å². The summed E-state index contributed by atoms with van der Waals surface area (Å²) in [6.45, 7) is 4.22. The molecule has 0 saturated carbocycles. The van der Waals surface area contributed by atoms with Gasteiger partial charge in [0, 0.05) is 11.6 Å². The Kier molecular flexibility index (Phi) is 4.85. The largest absolute Gasteiger partial charge is 0.484 e. The van der Waals surface area contributed by atoms with Crippen molar-refractivity contribution in [2.45, 2.75) is 20.0 Å². The monoisotopic (exact) mass is 300 g/mol. The zero-order valence-electron chi connectivity index (χ0n) is 12.1. The summed E-state index contributed by atoms with van der Waals surface area (Å²) in [5.74, 6) is 0.777. The maximum absolute atomic E-state index is 8.99. The number of nitrogens with zero attached hydrogens (tertiary/aromatic N) is 1. The van der Waals surface area contributed by atoms with Gasteiger partial charge in [0.1, 0.15) is 11.9 Å². The van der Waals surface area contributed by atoms with E-state index in [1.807, 2.05) is 50.2 Å². The smallest absolute Gasteiger partial charge is 0.136 e. The number of hydrogen-bond donors (Lipinski definition) is 1. The van der Waals surface area contributed by atoms with Crippen LogP contribution in [0.5, 0.6) is 5.75 Å². The Labute approximate surface area is 129 Å². The van der Waals surface area contributed by atoms with Crippen LogP contribution in [-0.4, -0.2) is 6.54 Å². The fourth-order valence-corrected chi connectivity index (χ4v) is 2.40. The maximum Gasteiger partial charge on any atom is 0.136 e. The molecule has 0 aliphatic rings. The van der Waals surface area contributed by atoms with Gasteiger partial charge in [-0.3, -0.25) is 0 Å². The summed E-state index contributed by atoms with van der Waals surface area (Å²) >= 11 is 5.90. The Hall–Kier alpha value is -2.02. The van der Waals surface area contributed by atoms with Crippen LogP contribution in [0.3, 0.4) is 0 Å². The molecule has 2 N–H and O–H groups in total. The Morgan fingerprint density at radius 1 is 1.19 bits per heavy atom. The van der Waals surface area contributed by atoms with Gasteiger partial charge in [-0.25, -0.2) is 0 Å². The number of hydrogen-bond acceptors (Lipinski definition) is 3. The minimum absolute atomic E-state index is 0.243. The molecule has 0 bridgehead atoms. The van der Waals surface area contributed by atoms with Crippen LogP contribution < -0.4 is 10.5 Å². The molecule has 2 aromatic carbocycles. The first-order chi connectivity index (χ1) is 10.0. The fourth-order valence-electron chi connectivity index (χ4n) is 2.27. The van der Waals surface area contributed by atoms with Crippen LogP contribution in [0.2, 0.25) is 5.02 Å². The summed E-state index contributed by atoms with van der Waals surface area (Å²) in [4.78, 5) is 0. The predicted octanol–water partition coefficient (Wildman–Crippen LogP) is 3.91. The first-order valence-electron chi connectivity index (χ1n) is 6.68. The van der Waals surface area contributed by atoms with Crippen molar-refractivity contribution in [2.75, 3.05) is 6.54 Å². The Morgan fingerprint density at radius 3 is 2.24 bits per heavy atom. The molecule has 0 saturated heterocycles. The summed E-state index contributed by atoms with van der Waals surface area (Å²) in [6.07, 6.45) is -0.243. The topological polar surface area (TPSA) is 59.0 Å². The van der Waals surface area contributed by atoms with Gasteiger partial charge in [-0.2, -0.15) is 5.26 Å². The molecule has 0 radical (unpaired) electrons. The van der Waals surface area contributed by atoms with Gasteiger partial charge in [-0.15, -0.1) is 0 Å². The highest BCUT2D eigenvalue weighted by Gasteiger charge is 2.15. The Bertz CT molecular complexity index is 651. The normalized spacial score (nSPS) is 11.8. The Balaban J connectivity index is 2.31.